The number of carbonyl (C=O) groups is 1. The van der Waals surface area contributed by atoms with Crippen LogP contribution in [0.5, 0.6) is 0 Å². The molecule has 0 aromatic heterocycles. The van der Waals surface area contributed by atoms with Gasteiger partial charge in [0.2, 0.25) is 0 Å². The van der Waals surface area contributed by atoms with Gasteiger partial charge in [0.1, 0.15) is 6.54 Å². The molecule has 0 radical (unpaired) electrons. The third kappa shape index (κ3) is 6.31. The Balaban J connectivity index is 1.62. The molecule has 0 heterocycles. The summed E-state index contributed by atoms with van der Waals surface area (Å²) in [5.74, 6) is -0.0226. The lowest BCUT2D eigenvalue weighted by Gasteiger charge is -2.30. The average molecular weight is 322 g/mol. The Morgan fingerprint density at radius 1 is 1.30 bits per heavy atom. The number of rotatable bonds is 9. The summed E-state index contributed by atoms with van der Waals surface area (Å²) < 4.78 is 0. The highest BCUT2D eigenvalue weighted by Gasteiger charge is 2.37. The fourth-order valence-electron chi connectivity index (χ4n) is 3.32. The van der Waals surface area contributed by atoms with Gasteiger partial charge in [-0.2, -0.15) is 0 Å². The Labute approximate surface area is 138 Å². The van der Waals surface area contributed by atoms with E-state index in [0.29, 0.717) is 18.6 Å². The molecule has 0 saturated heterocycles. The van der Waals surface area contributed by atoms with Gasteiger partial charge in [0.05, 0.1) is 0 Å². The van der Waals surface area contributed by atoms with Gasteiger partial charge in [-0.25, -0.2) is 0 Å². The van der Waals surface area contributed by atoms with Crippen LogP contribution in [-0.2, 0) is 4.79 Å². The molecule has 6 nitrogen and oxygen atoms in total. The lowest BCUT2D eigenvalue weighted by atomic mass is 9.91. The van der Waals surface area contributed by atoms with Crippen molar-refractivity contribution in [3.63, 3.8) is 0 Å². The van der Waals surface area contributed by atoms with E-state index in [9.17, 15) is 4.79 Å². The fourth-order valence-corrected chi connectivity index (χ4v) is 3.32. The number of nitrogens with one attached hydrogen (secondary N) is 2. The molecule has 6 heteroatoms. The first-order valence-corrected chi connectivity index (χ1v) is 8.74. The normalized spacial score (nSPS) is 31.4. The number of hydrogen-bond donors (Lipinski definition) is 4. The fraction of sp³-hybridized carbons (Fsp3) is 0.765. The number of aliphatic imine (C=N–C) groups is 1. The summed E-state index contributed by atoms with van der Waals surface area (Å²) in [6.45, 7) is 2.70. The molecule has 5 N–H and O–H groups in total. The topological polar surface area (TPSA) is 99.7 Å². The number of hydrogen-bond acceptors (Lipinski definition) is 5. The van der Waals surface area contributed by atoms with Crippen molar-refractivity contribution in [3.05, 3.63) is 11.8 Å². The first-order chi connectivity index (χ1) is 11.1. The van der Waals surface area contributed by atoms with Crippen LogP contribution in [0, 0.1) is 5.92 Å². The van der Waals surface area contributed by atoms with E-state index in [1.165, 1.54) is 44.7 Å². The van der Waals surface area contributed by atoms with Crippen molar-refractivity contribution >= 4 is 12.2 Å². The minimum Gasteiger partial charge on any atom is -0.480 e. The number of carboxylic acid groups (broad SMARTS) is 1. The maximum Gasteiger partial charge on any atom is 0.325 e. The van der Waals surface area contributed by atoms with Gasteiger partial charge in [0, 0.05) is 30.9 Å². The molecule has 0 bridgehead atoms. The summed E-state index contributed by atoms with van der Waals surface area (Å²) in [7, 11) is 0. The predicted molar refractivity (Wildman–Crippen MR) is 92.6 cm³/mol. The Morgan fingerprint density at radius 3 is 2.57 bits per heavy atom. The van der Waals surface area contributed by atoms with Crippen LogP contribution in [0.15, 0.2) is 16.8 Å². The zero-order valence-electron chi connectivity index (χ0n) is 14.0. The van der Waals surface area contributed by atoms with Gasteiger partial charge in [-0.3, -0.25) is 9.79 Å². The lowest BCUT2D eigenvalue weighted by Crippen LogP contribution is -2.41. The van der Waals surface area contributed by atoms with E-state index in [1.54, 1.807) is 6.21 Å². The smallest absolute Gasteiger partial charge is 0.325 e. The van der Waals surface area contributed by atoms with Gasteiger partial charge in [-0.15, -0.1) is 0 Å². The number of aliphatic carboxylic acids is 1. The van der Waals surface area contributed by atoms with Crippen molar-refractivity contribution < 1.29 is 9.90 Å². The molecule has 0 aromatic carbocycles. The van der Waals surface area contributed by atoms with Crippen LogP contribution in [0.25, 0.3) is 0 Å². The summed E-state index contributed by atoms with van der Waals surface area (Å²) in [5.41, 5.74) is 6.39. The maximum absolute atomic E-state index is 10.4. The highest BCUT2D eigenvalue weighted by molar-refractivity contribution is 5.81. The molecule has 2 rings (SSSR count). The van der Waals surface area contributed by atoms with E-state index >= 15 is 0 Å². The summed E-state index contributed by atoms with van der Waals surface area (Å²) in [4.78, 5) is 14.3. The highest BCUT2D eigenvalue weighted by atomic mass is 16.4. The largest absolute Gasteiger partial charge is 0.480 e. The van der Waals surface area contributed by atoms with Gasteiger partial charge in [-0.05, 0) is 49.8 Å². The molecule has 2 saturated carbocycles. The monoisotopic (exact) mass is 322 g/mol. The van der Waals surface area contributed by atoms with E-state index in [4.69, 9.17) is 10.8 Å². The second kappa shape index (κ2) is 9.03. The van der Waals surface area contributed by atoms with Crippen molar-refractivity contribution in [3.8, 4) is 0 Å². The number of nitrogens with zero attached hydrogens (tertiary/aromatic N) is 1. The summed E-state index contributed by atoms with van der Waals surface area (Å²) in [5, 5.41) is 15.9. The van der Waals surface area contributed by atoms with Crippen molar-refractivity contribution in [2.45, 2.75) is 63.6 Å². The first-order valence-electron chi connectivity index (χ1n) is 8.74. The molecule has 0 aliphatic heterocycles. The SMILES string of the molecule is CC[C@@H]1C[C@H]1NC1CCC(NCC(C=NCC(=O)O)=CN)CC1. The average Bonchev–Trinajstić information content (AvgIpc) is 3.30. The van der Waals surface area contributed by atoms with E-state index in [2.05, 4.69) is 22.5 Å². The van der Waals surface area contributed by atoms with E-state index < -0.39 is 5.97 Å². The van der Waals surface area contributed by atoms with Crippen LogP contribution in [0.3, 0.4) is 0 Å². The van der Waals surface area contributed by atoms with Crippen molar-refractivity contribution in [2.24, 2.45) is 16.6 Å². The lowest BCUT2D eigenvalue weighted by molar-refractivity contribution is -0.135. The number of nitrogens with two attached hydrogens (primary N) is 1. The maximum atomic E-state index is 10.4. The molecule has 2 fully saturated rings. The zero-order valence-corrected chi connectivity index (χ0v) is 14.0. The van der Waals surface area contributed by atoms with Crippen LogP contribution in [-0.4, -0.2) is 48.5 Å². The van der Waals surface area contributed by atoms with E-state index in [1.807, 2.05) is 0 Å². The number of carboxylic acids is 1. The first kappa shape index (κ1) is 17.9. The Morgan fingerprint density at radius 2 is 2.00 bits per heavy atom. The van der Waals surface area contributed by atoms with Crippen molar-refractivity contribution in [2.75, 3.05) is 13.1 Å². The van der Waals surface area contributed by atoms with Gasteiger partial charge >= 0.3 is 5.97 Å². The molecule has 0 amide bonds. The molecule has 0 aromatic rings. The Bertz CT molecular complexity index is 442. The van der Waals surface area contributed by atoms with Crippen LogP contribution in [0.1, 0.15) is 45.4 Å². The van der Waals surface area contributed by atoms with Gasteiger partial charge in [0.15, 0.2) is 0 Å². The van der Waals surface area contributed by atoms with E-state index in [-0.39, 0.29) is 6.54 Å². The summed E-state index contributed by atoms with van der Waals surface area (Å²) in [6, 6.07) is 1.96. The van der Waals surface area contributed by atoms with Crippen LogP contribution in [0.4, 0.5) is 0 Å². The second-order valence-corrected chi connectivity index (χ2v) is 6.71. The minimum absolute atomic E-state index is 0.214. The predicted octanol–water partition coefficient (Wildman–Crippen LogP) is 1.27. The van der Waals surface area contributed by atoms with Gasteiger partial charge < -0.3 is 21.5 Å². The molecule has 2 aliphatic rings. The molecule has 0 unspecified atom stereocenters. The van der Waals surface area contributed by atoms with Crippen LogP contribution >= 0.6 is 0 Å². The summed E-state index contributed by atoms with van der Waals surface area (Å²) in [6.07, 6.45) is 10.5. The quantitative estimate of drug-likeness (QED) is 0.479. The molecular weight excluding hydrogens is 292 g/mol. The Hall–Kier alpha value is -1.40. The van der Waals surface area contributed by atoms with Crippen molar-refractivity contribution in [1.29, 1.82) is 0 Å². The highest BCUT2D eigenvalue weighted by Crippen LogP contribution is 2.34. The molecular formula is C17H30N4O2. The molecule has 130 valence electrons. The van der Waals surface area contributed by atoms with Crippen LogP contribution in [0.2, 0.25) is 0 Å². The molecule has 2 aliphatic carbocycles. The zero-order chi connectivity index (χ0) is 16.7. The van der Waals surface area contributed by atoms with Crippen LogP contribution < -0.4 is 16.4 Å². The second-order valence-electron chi connectivity index (χ2n) is 6.71. The van der Waals surface area contributed by atoms with Gasteiger partial charge in [-0.1, -0.05) is 13.3 Å². The Kier molecular flexibility index (Phi) is 7.05. The van der Waals surface area contributed by atoms with Gasteiger partial charge in [0.25, 0.3) is 0 Å². The summed E-state index contributed by atoms with van der Waals surface area (Å²) >= 11 is 0. The molecule has 23 heavy (non-hydrogen) atoms. The minimum atomic E-state index is -0.933. The van der Waals surface area contributed by atoms with Crippen molar-refractivity contribution in [1.82, 2.24) is 10.6 Å². The standard InChI is InChI=1S/C17H30N4O2/c1-2-13-7-16(13)21-15-5-3-14(4-6-15)20-10-12(8-18)9-19-11-17(22)23/h8-9,13-16,20-21H,2-7,10-11,18H2,1H3,(H,22,23)/t13-,14?,15?,16-/m1/s1. The molecule has 0 spiro atoms. The third-order valence-corrected chi connectivity index (χ3v) is 4.92. The molecule has 2 atom stereocenters. The van der Waals surface area contributed by atoms with E-state index in [0.717, 1.165) is 17.5 Å². The third-order valence-electron chi connectivity index (χ3n) is 4.92.